The van der Waals surface area contributed by atoms with Crippen molar-refractivity contribution >= 4 is 105 Å². The van der Waals surface area contributed by atoms with Crippen LogP contribution in [0, 0.1) is 3.57 Å². The highest BCUT2D eigenvalue weighted by Crippen LogP contribution is 2.40. The van der Waals surface area contributed by atoms with Crippen molar-refractivity contribution < 1.29 is 0 Å². The van der Waals surface area contributed by atoms with Crippen molar-refractivity contribution in [3.63, 3.8) is 0 Å². The van der Waals surface area contributed by atoms with Crippen molar-refractivity contribution in [1.82, 2.24) is 29.3 Å². The summed E-state index contributed by atoms with van der Waals surface area (Å²) in [6.45, 7) is 0. The van der Waals surface area contributed by atoms with E-state index in [0.29, 0.717) is 5.15 Å². The van der Waals surface area contributed by atoms with Crippen LogP contribution in [0.15, 0.2) is 165 Å². The maximum atomic E-state index is 5.59. The van der Waals surface area contributed by atoms with Crippen LogP contribution in [-0.4, -0.2) is 29.3 Å². The van der Waals surface area contributed by atoms with Gasteiger partial charge in [0, 0.05) is 53.5 Å². The van der Waals surface area contributed by atoms with E-state index >= 15 is 0 Å². The predicted molar refractivity (Wildman–Crippen MR) is 224 cm³/mol. The van der Waals surface area contributed by atoms with Crippen LogP contribution in [0.2, 0.25) is 5.15 Å². The zero-order chi connectivity index (χ0) is 35.0. The molecule has 0 amide bonds. The van der Waals surface area contributed by atoms with Crippen molar-refractivity contribution in [3.05, 3.63) is 173 Å². The molecule has 0 unspecified atom stereocenters. The van der Waals surface area contributed by atoms with E-state index in [0.717, 1.165) is 31.6 Å². The molecule has 52 heavy (non-hydrogen) atoms. The van der Waals surface area contributed by atoms with E-state index in [1.807, 2.05) is 43.0 Å². The van der Waals surface area contributed by atoms with Crippen LogP contribution in [0.25, 0.3) is 81.9 Å². The number of nitrogens with zero attached hydrogens (tertiary/aromatic N) is 5. The molecular weight excluding hydrogens is 775 g/mol. The molecule has 6 aromatic carbocycles. The van der Waals surface area contributed by atoms with E-state index in [-0.39, 0.29) is 0 Å². The van der Waals surface area contributed by atoms with Gasteiger partial charge in [0.1, 0.15) is 16.6 Å². The summed E-state index contributed by atoms with van der Waals surface area (Å²) in [5, 5.41) is 12.9. The standard InChI is InChI=1S/C22H13N3.C17H12N2.C5H3ClIN/c1-3-8-16-14(6-1)15-7-2-4-9-17(15)20-19(16)21-18(10-5-11-23-21)25-13-12-24-22(20)25;1-2-6-13-12(5-1)11-16(17-18-9-10-19-17)15-8-4-3-7-14(13)15;6-5-4(7)2-1-3-8-5/h1-13H;1-11H,(H,18,19);1-3H. The number of halogens is 2. The Morgan fingerprint density at radius 2 is 1.15 bits per heavy atom. The van der Waals surface area contributed by atoms with Gasteiger partial charge < -0.3 is 4.98 Å². The molecule has 0 spiro atoms. The van der Waals surface area contributed by atoms with Crippen molar-refractivity contribution in [2.24, 2.45) is 0 Å². The Morgan fingerprint density at radius 3 is 1.83 bits per heavy atom. The minimum Gasteiger partial charge on any atom is -0.345 e. The highest BCUT2D eigenvalue weighted by Gasteiger charge is 2.16. The summed E-state index contributed by atoms with van der Waals surface area (Å²) in [5.74, 6) is 0.918. The highest BCUT2D eigenvalue weighted by molar-refractivity contribution is 14.1. The molecule has 0 atom stereocenters. The lowest BCUT2D eigenvalue weighted by atomic mass is 9.94. The number of hydrogen-bond donors (Lipinski definition) is 1. The Labute approximate surface area is 316 Å². The third kappa shape index (κ3) is 5.59. The molecule has 0 aliphatic rings. The summed E-state index contributed by atoms with van der Waals surface area (Å²) < 4.78 is 3.14. The molecule has 8 heteroatoms. The van der Waals surface area contributed by atoms with Crippen LogP contribution < -0.4 is 0 Å². The van der Waals surface area contributed by atoms with Gasteiger partial charge in [-0.15, -0.1) is 0 Å². The molecule has 0 aliphatic heterocycles. The minimum absolute atomic E-state index is 0.577. The van der Waals surface area contributed by atoms with Crippen molar-refractivity contribution in [3.8, 4) is 11.4 Å². The minimum atomic E-state index is 0.577. The molecule has 248 valence electrons. The van der Waals surface area contributed by atoms with Gasteiger partial charge in [-0.05, 0) is 96.0 Å². The summed E-state index contributed by atoms with van der Waals surface area (Å²) in [6.07, 6.45) is 11.1. The fourth-order valence-corrected chi connectivity index (χ4v) is 7.58. The number of hydrogen-bond acceptors (Lipinski definition) is 4. The maximum Gasteiger partial charge on any atom is 0.145 e. The van der Waals surface area contributed by atoms with Crippen LogP contribution in [-0.2, 0) is 0 Å². The molecule has 0 saturated heterocycles. The van der Waals surface area contributed by atoms with E-state index in [2.05, 4.69) is 156 Å². The lowest BCUT2D eigenvalue weighted by molar-refractivity contribution is 1.25. The molecule has 5 heterocycles. The molecule has 0 radical (unpaired) electrons. The highest BCUT2D eigenvalue weighted by atomic mass is 127. The normalized spacial score (nSPS) is 11.3. The van der Waals surface area contributed by atoms with Gasteiger partial charge in [-0.1, -0.05) is 109 Å². The van der Waals surface area contributed by atoms with Gasteiger partial charge in [0.15, 0.2) is 0 Å². The number of nitrogens with one attached hydrogen (secondary N) is 1. The second-order valence-electron chi connectivity index (χ2n) is 12.2. The van der Waals surface area contributed by atoms with Crippen LogP contribution in [0.4, 0.5) is 0 Å². The van der Waals surface area contributed by atoms with Crippen molar-refractivity contribution in [2.75, 3.05) is 0 Å². The van der Waals surface area contributed by atoms with Gasteiger partial charge in [0.05, 0.1) is 14.6 Å². The number of rotatable bonds is 1. The second-order valence-corrected chi connectivity index (χ2v) is 13.8. The molecule has 0 bridgehead atoms. The summed E-state index contributed by atoms with van der Waals surface area (Å²) >= 11 is 7.72. The Morgan fingerprint density at radius 1 is 0.538 bits per heavy atom. The number of H-pyrrole nitrogens is 1. The van der Waals surface area contributed by atoms with E-state index in [9.17, 15) is 0 Å². The van der Waals surface area contributed by atoms with E-state index < -0.39 is 0 Å². The summed E-state index contributed by atoms with van der Waals surface area (Å²) in [4.78, 5) is 20.9. The van der Waals surface area contributed by atoms with E-state index in [4.69, 9.17) is 16.6 Å². The SMILES string of the molecule is Clc1ncccc1I.c1ccc2c(c1)c1ccccc1c1c2c2ncccc2n2ccnc12.c1ccc2c(c1)cc(-c1ncc[nH]1)c1ccccc12. The predicted octanol–water partition coefficient (Wildman–Crippen LogP) is 12.1. The largest absolute Gasteiger partial charge is 0.345 e. The third-order valence-electron chi connectivity index (χ3n) is 9.32. The Kier molecular flexibility index (Phi) is 8.42. The average Bonchev–Trinajstić information content (AvgIpc) is 3.93. The first kappa shape index (κ1) is 32.0. The maximum absolute atomic E-state index is 5.59. The van der Waals surface area contributed by atoms with Gasteiger partial charge in [0.2, 0.25) is 0 Å². The van der Waals surface area contributed by atoms with Gasteiger partial charge in [-0.2, -0.15) is 0 Å². The van der Waals surface area contributed by atoms with E-state index in [1.165, 1.54) is 53.9 Å². The molecule has 1 N–H and O–H groups in total. The molecule has 0 fully saturated rings. The zero-order valence-corrected chi connectivity index (χ0v) is 30.5. The van der Waals surface area contributed by atoms with Crippen LogP contribution in [0.1, 0.15) is 0 Å². The van der Waals surface area contributed by atoms with Gasteiger partial charge in [-0.25, -0.2) is 15.0 Å². The Balaban J connectivity index is 0.000000118. The van der Waals surface area contributed by atoms with Crippen LogP contribution in [0.5, 0.6) is 0 Å². The molecule has 5 aromatic heterocycles. The summed E-state index contributed by atoms with van der Waals surface area (Å²) in [7, 11) is 0. The molecule has 0 saturated carbocycles. The average molecular weight is 803 g/mol. The summed E-state index contributed by atoms with van der Waals surface area (Å²) in [6, 6.07) is 44.2. The molecular formula is C44H28ClIN6. The lowest BCUT2D eigenvalue weighted by Gasteiger charge is -2.13. The molecule has 0 aliphatic carbocycles. The van der Waals surface area contributed by atoms with Crippen LogP contribution >= 0.6 is 34.2 Å². The fourth-order valence-electron chi connectivity index (χ4n) is 7.12. The Bertz CT molecular complexity index is 3040. The number of fused-ring (bicyclic) bond motifs is 14. The quantitative estimate of drug-likeness (QED) is 0.102. The topological polar surface area (TPSA) is 71.8 Å². The van der Waals surface area contributed by atoms with Gasteiger partial charge >= 0.3 is 0 Å². The number of imidazole rings is 2. The first-order valence-electron chi connectivity index (χ1n) is 16.8. The molecule has 11 rings (SSSR count). The first-order chi connectivity index (χ1) is 25.7. The van der Waals surface area contributed by atoms with Crippen LogP contribution in [0.3, 0.4) is 0 Å². The number of benzene rings is 6. The summed E-state index contributed by atoms with van der Waals surface area (Å²) in [5.41, 5.74) is 4.24. The number of aromatic nitrogens is 6. The first-order valence-corrected chi connectivity index (χ1v) is 18.2. The zero-order valence-electron chi connectivity index (χ0n) is 27.6. The number of aromatic amines is 1. The Hall–Kier alpha value is -5.90. The lowest BCUT2D eigenvalue weighted by Crippen LogP contribution is -1.94. The fraction of sp³-hybridized carbons (Fsp3) is 0. The van der Waals surface area contributed by atoms with Gasteiger partial charge in [-0.3, -0.25) is 9.38 Å². The van der Waals surface area contributed by atoms with E-state index in [1.54, 1.807) is 12.4 Å². The van der Waals surface area contributed by atoms with Gasteiger partial charge in [0.25, 0.3) is 0 Å². The monoisotopic (exact) mass is 802 g/mol. The third-order valence-corrected chi connectivity index (χ3v) is 10.8. The molecule has 6 nitrogen and oxygen atoms in total. The van der Waals surface area contributed by atoms with Crippen molar-refractivity contribution in [2.45, 2.75) is 0 Å². The second kappa shape index (κ2) is 13.7. The molecule has 11 aromatic rings. The van der Waals surface area contributed by atoms with Crippen molar-refractivity contribution in [1.29, 1.82) is 0 Å². The smallest absolute Gasteiger partial charge is 0.145 e. The number of pyridine rings is 3.